The SMILES string of the molecule is CN(CCc1ccc(F)c(F)c1)C(=O)C#N. The third-order valence-electron chi connectivity index (χ3n) is 2.16. The van der Waals surface area contributed by atoms with Gasteiger partial charge in [-0.3, -0.25) is 4.79 Å². The van der Waals surface area contributed by atoms with Crippen LogP contribution in [0.5, 0.6) is 0 Å². The quantitative estimate of drug-likeness (QED) is 0.730. The summed E-state index contributed by atoms with van der Waals surface area (Å²) in [5.74, 6) is -2.46. The van der Waals surface area contributed by atoms with Gasteiger partial charge in [0.15, 0.2) is 17.7 Å². The number of carbonyl (C=O) groups is 1. The van der Waals surface area contributed by atoms with Crippen molar-refractivity contribution in [1.82, 2.24) is 4.90 Å². The molecule has 3 nitrogen and oxygen atoms in total. The van der Waals surface area contributed by atoms with Crippen molar-refractivity contribution in [3.63, 3.8) is 0 Å². The Labute approximate surface area is 91.9 Å². The molecule has 0 aliphatic carbocycles. The van der Waals surface area contributed by atoms with Crippen molar-refractivity contribution in [3.8, 4) is 6.07 Å². The number of nitriles is 1. The lowest BCUT2D eigenvalue weighted by molar-refractivity contribution is -0.124. The van der Waals surface area contributed by atoms with Crippen molar-refractivity contribution in [1.29, 1.82) is 5.26 Å². The fraction of sp³-hybridized carbons (Fsp3) is 0.273. The zero-order chi connectivity index (χ0) is 12.1. The number of benzene rings is 1. The second-order valence-corrected chi connectivity index (χ2v) is 3.34. The molecule has 0 heterocycles. The van der Waals surface area contributed by atoms with Crippen molar-refractivity contribution < 1.29 is 13.6 Å². The first-order valence-corrected chi connectivity index (χ1v) is 4.63. The average Bonchev–Trinajstić information content (AvgIpc) is 2.29. The maximum atomic E-state index is 12.8. The molecule has 84 valence electrons. The number of likely N-dealkylation sites (N-methyl/N-ethyl adjacent to an activating group) is 1. The van der Waals surface area contributed by atoms with Gasteiger partial charge in [0.2, 0.25) is 0 Å². The smallest absolute Gasteiger partial charge is 0.324 e. The Kier molecular flexibility index (Phi) is 3.95. The second-order valence-electron chi connectivity index (χ2n) is 3.34. The zero-order valence-corrected chi connectivity index (χ0v) is 8.70. The van der Waals surface area contributed by atoms with E-state index < -0.39 is 17.5 Å². The molecular formula is C11H10F2N2O. The van der Waals surface area contributed by atoms with Crippen LogP contribution >= 0.6 is 0 Å². The van der Waals surface area contributed by atoms with E-state index in [1.54, 1.807) is 0 Å². The highest BCUT2D eigenvalue weighted by atomic mass is 19.2. The highest BCUT2D eigenvalue weighted by molar-refractivity contribution is 5.90. The first-order chi connectivity index (χ1) is 7.54. The highest BCUT2D eigenvalue weighted by Crippen LogP contribution is 2.09. The fourth-order valence-electron chi connectivity index (χ4n) is 1.18. The number of amides is 1. The molecule has 1 amide bonds. The number of carbonyl (C=O) groups excluding carboxylic acids is 1. The molecule has 0 aromatic heterocycles. The van der Waals surface area contributed by atoms with Crippen molar-refractivity contribution in [3.05, 3.63) is 35.4 Å². The minimum atomic E-state index is -0.910. The van der Waals surface area contributed by atoms with Crippen LogP contribution in [0.4, 0.5) is 8.78 Å². The van der Waals surface area contributed by atoms with Crippen LogP contribution in [0.3, 0.4) is 0 Å². The third-order valence-corrected chi connectivity index (χ3v) is 2.16. The maximum Gasteiger partial charge on any atom is 0.324 e. The molecule has 0 saturated heterocycles. The molecule has 0 saturated carbocycles. The molecule has 0 bridgehead atoms. The van der Waals surface area contributed by atoms with Crippen LogP contribution in [-0.4, -0.2) is 24.4 Å². The van der Waals surface area contributed by atoms with Crippen LogP contribution in [0.25, 0.3) is 0 Å². The van der Waals surface area contributed by atoms with Gasteiger partial charge >= 0.3 is 5.91 Å². The summed E-state index contributed by atoms with van der Waals surface area (Å²) in [5, 5.41) is 8.33. The highest BCUT2D eigenvalue weighted by Gasteiger charge is 2.08. The summed E-state index contributed by atoms with van der Waals surface area (Å²) in [7, 11) is 1.48. The molecule has 0 aliphatic rings. The van der Waals surface area contributed by atoms with Gasteiger partial charge < -0.3 is 4.90 Å². The molecule has 1 aromatic carbocycles. The van der Waals surface area contributed by atoms with Crippen LogP contribution in [-0.2, 0) is 11.2 Å². The summed E-state index contributed by atoms with van der Waals surface area (Å²) >= 11 is 0. The third kappa shape index (κ3) is 3.02. The predicted octanol–water partition coefficient (Wildman–Crippen LogP) is 1.49. The van der Waals surface area contributed by atoms with E-state index in [9.17, 15) is 13.6 Å². The van der Waals surface area contributed by atoms with Gasteiger partial charge in [-0.2, -0.15) is 5.26 Å². The average molecular weight is 224 g/mol. The number of halogens is 2. The van der Waals surface area contributed by atoms with Crippen molar-refractivity contribution in [2.45, 2.75) is 6.42 Å². The van der Waals surface area contributed by atoms with E-state index in [0.29, 0.717) is 12.0 Å². The predicted molar refractivity (Wildman–Crippen MR) is 53.3 cm³/mol. The van der Waals surface area contributed by atoms with E-state index in [-0.39, 0.29) is 6.54 Å². The molecule has 5 heteroatoms. The van der Waals surface area contributed by atoms with Crippen LogP contribution in [0.15, 0.2) is 18.2 Å². The molecular weight excluding hydrogens is 214 g/mol. The molecule has 16 heavy (non-hydrogen) atoms. The van der Waals surface area contributed by atoms with Gasteiger partial charge in [0.05, 0.1) is 0 Å². The standard InChI is InChI=1S/C11H10F2N2O/c1-15(11(16)7-14)5-4-8-2-3-9(12)10(13)6-8/h2-3,6H,4-5H2,1H3. The minimum absolute atomic E-state index is 0.289. The molecule has 0 atom stereocenters. The largest absolute Gasteiger partial charge is 0.333 e. The van der Waals surface area contributed by atoms with Crippen molar-refractivity contribution in [2.75, 3.05) is 13.6 Å². The lowest BCUT2D eigenvalue weighted by Gasteiger charge is -2.12. The Morgan fingerprint density at radius 1 is 1.44 bits per heavy atom. The van der Waals surface area contributed by atoms with E-state index in [0.717, 1.165) is 12.1 Å². The fourth-order valence-corrected chi connectivity index (χ4v) is 1.18. The monoisotopic (exact) mass is 224 g/mol. The number of rotatable bonds is 3. The van der Waals surface area contributed by atoms with Gasteiger partial charge in [0.1, 0.15) is 0 Å². The Hall–Kier alpha value is -1.96. The molecule has 0 radical (unpaired) electrons. The van der Waals surface area contributed by atoms with Gasteiger partial charge in [-0.05, 0) is 24.1 Å². The molecule has 0 unspecified atom stereocenters. The Morgan fingerprint density at radius 2 is 2.12 bits per heavy atom. The summed E-state index contributed by atoms with van der Waals surface area (Å²) in [6, 6.07) is 5.04. The maximum absolute atomic E-state index is 12.8. The van der Waals surface area contributed by atoms with Gasteiger partial charge in [-0.1, -0.05) is 6.07 Å². The Balaban J connectivity index is 2.59. The van der Waals surface area contributed by atoms with Gasteiger partial charge in [-0.15, -0.1) is 0 Å². The minimum Gasteiger partial charge on any atom is -0.333 e. The summed E-state index contributed by atoms with van der Waals surface area (Å²) in [4.78, 5) is 12.1. The van der Waals surface area contributed by atoms with Crippen LogP contribution in [0, 0.1) is 23.0 Å². The number of hydrogen-bond donors (Lipinski definition) is 0. The van der Waals surface area contributed by atoms with Gasteiger partial charge in [0.25, 0.3) is 0 Å². The molecule has 1 rings (SSSR count). The van der Waals surface area contributed by atoms with Crippen LogP contribution < -0.4 is 0 Å². The second kappa shape index (κ2) is 5.21. The lowest BCUT2D eigenvalue weighted by atomic mass is 10.1. The van der Waals surface area contributed by atoms with E-state index in [1.807, 2.05) is 0 Å². The van der Waals surface area contributed by atoms with E-state index in [4.69, 9.17) is 5.26 Å². The van der Waals surface area contributed by atoms with Crippen LogP contribution in [0.1, 0.15) is 5.56 Å². The number of nitrogens with zero attached hydrogens (tertiary/aromatic N) is 2. The molecule has 1 aromatic rings. The van der Waals surface area contributed by atoms with Gasteiger partial charge in [0, 0.05) is 13.6 Å². The Bertz CT molecular complexity index is 440. The molecule has 0 N–H and O–H groups in total. The first-order valence-electron chi connectivity index (χ1n) is 4.63. The first kappa shape index (κ1) is 12.1. The van der Waals surface area contributed by atoms with Crippen LogP contribution in [0.2, 0.25) is 0 Å². The summed E-state index contributed by atoms with van der Waals surface area (Å²) < 4.78 is 25.4. The van der Waals surface area contributed by atoms with E-state index in [1.165, 1.54) is 24.1 Å². The van der Waals surface area contributed by atoms with E-state index >= 15 is 0 Å². The van der Waals surface area contributed by atoms with E-state index in [2.05, 4.69) is 0 Å². The Morgan fingerprint density at radius 3 is 2.69 bits per heavy atom. The summed E-state index contributed by atoms with van der Waals surface area (Å²) in [6.07, 6.45) is 0.376. The zero-order valence-electron chi connectivity index (χ0n) is 8.70. The topological polar surface area (TPSA) is 44.1 Å². The van der Waals surface area contributed by atoms with Crippen molar-refractivity contribution in [2.24, 2.45) is 0 Å². The van der Waals surface area contributed by atoms with Gasteiger partial charge in [-0.25, -0.2) is 8.78 Å². The number of hydrogen-bond acceptors (Lipinski definition) is 2. The normalized spacial score (nSPS) is 9.62. The van der Waals surface area contributed by atoms with Crippen molar-refractivity contribution >= 4 is 5.91 Å². The summed E-state index contributed by atoms with van der Waals surface area (Å²) in [6.45, 7) is 0.289. The molecule has 0 spiro atoms. The summed E-state index contributed by atoms with van der Waals surface area (Å²) in [5.41, 5.74) is 0.580. The molecule has 0 fully saturated rings. The lowest BCUT2D eigenvalue weighted by Crippen LogP contribution is -2.27. The molecule has 0 aliphatic heterocycles.